The van der Waals surface area contributed by atoms with E-state index in [-0.39, 0.29) is 11.5 Å². The van der Waals surface area contributed by atoms with Crippen LogP contribution in [0.25, 0.3) is 6.08 Å². The smallest absolute Gasteiger partial charge is 0.337 e. The predicted octanol–water partition coefficient (Wildman–Crippen LogP) is 4.25. The molecule has 0 bridgehead atoms. The van der Waals surface area contributed by atoms with Gasteiger partial charge in [0.15, 0.2) is 10.4 Å². The standard InChI is InChI=1S/C23H19BrN2O6/c1-30-17-9-3-14(4-10-17)13-18(26-22(28)19-11-12-20(24)32-19)21(27)25-16-7-5-15(6-8-16)23(29)31-2/h3-13H,1-2H3,(H,25,27)(H,26,28). The molecular formula is C23H19BrN2O6. The van der Waals surface area contributed by atoms with E-state index in [1.807, 2.05) is 0 Å². The van der Waals surface area contributed by atoms with Crippen molar-refractivity contribution >= 4 is 45.5 Å². The number of nitrogens with one attached hydrogen (secondary N) is 2. The zero-order valence-electron chi connectivity index (χ0n) is 17.2. The minimum absolute atomic E-state index is 0.00951. The van der Waals surface area contributed by atoms with E-state index in [9.17, 15) is 14.4 Å². The Balaban J connectivity index is 1.84. The number of halogens is 1. The van der Waals surface area contributed by atoms with Crippen LogP contribution in [-0.4, -0.2) is 32.0 Å². The van der Waals surface area contributed by atoms with Crippen LogP contribution < -0.4 is 15.4 Å². The largest absolute Gasteiger partial charge is 0.497 e. The van der Waals surface area contributed by atoms with Crippen molar-refractivity contribution in [3.05, 3.63) is 87.9 Å². The summed E-state index contributed by atoms with van der Waals surface area (Å²) >= 11 is 3.14. The summed E-state index contributed by atoms with van der Waals surface area (Å²) in [5, 5.41) is 5.27. The van der Waals surface area contributed by atoms with Crippen LogP contribution in [0.1, 0.15) is 26.5 Å². The highest BCUT2D eigenvalue weighted by Crippen LogP contribution is 2.17. The summed E-state index contributed by atoms with van der Waals surface area (Å²) in [7, 11) is 2.84. The molecule has 1 heterocycles. The highest BCUT2D eigenvalue weighted by Gasteiger charge is 2.18. The van der Waals surface area contributed by atoms with Gasteiger partial charge in [0, 0.05) is 5.69 Å². The van der Waals surface area contributed by atoms with Crippen LogP contribution >= 0.6 is 15.9 Å². The number of hydrogen-bond donors (Lipinski definition) is 2. The summed E-state index contributed by atoms with van der Waals surface area (Å²) in [5.74, 6) is -0.951. The zero-order chi connectivity index (χ0) is 23.1. The number of furan rings is 1. The fourth-order valence-electron chi connectivity index (χ4n) is 2.65. The molecule has 0 aliphatic heterocycles. The molecule has 0 fully saturated rings. The number of ether oxygens (including phenoxy) is 2. The van der Waals surface area contributed by atoms with Gasteiger partial charge >= 0.3 is 5.97 Å². The molecule has 2 amide bonds. The fraction of sp³-hybridized carbons (Fsp3) is 0.0870. The number of hydrogen-bond acceptors (Lipinski definition) is 6. The lowest BCUT2D eigenvalue weighted by Crippen LogP contribution is -2.30. The van der Waals surface area contributed by atoms with Gasteiger partial charge in [0.25, 0.3) is 11.8 Å². The first-order valence-corrected chi connectivity index (χ1v) is 10.1. The second-order valence-electron chi connectivity index (χ2n) is 6.41. The van der Waals surface area contributed by atoms with Gasteiger partial charge in [-0.1, -0.05) is 12.1 Å². The van der Waals surface area contributed by atoms with Crippen molar-refractivity contribution in [1.29, 1.82) is 0 Å². The lowest BCUT2D eigenvalue weighted by molar-refractivity contribution is -0.113. The number of rotatable bonds is 7. The van der Waals surface area contributed by atoms with Crippen LogP contribution in [0.2, 0.25) is 0 Å². The summed E-state index contributed by atoms with van der Waals surface area (Å²) in [4.78, 5) is 37.1. The predicted molar refractivity (Wildman–Crippen MR) is 121 cm³/mol. The Labute approximate surface area is 192 Å². The number of methoxy groups -OCH3 is 2. The molecule has 0 saturated heterocycles. The summed E-state index contributed by atoms with van der Waals surface area (Å²) in [5.41, 5.74) is 1.43. The maximum absolute atomic E-state index is 12.9. The number of amides is 2. The highest BCUT2D eigenvalue weighted by atomic mass is 79.9. The van der Waals surface area contributed by atoms with Crippen LogP contribution in [0.5, 0.6) is 5.75 Å². The third-order valence-corrected chi connectivity index (χ3v) is 4.71. The molecule has 3 rings (SSSR count). The first-order valence-electron chi connectivity index (χ1n) is 9.32. The summed E-state index contributed by atoms with van der Waals surface area (Å²) < 4.78 is 15.4. The van der Waals surface area contributed by atoms with Crippen LogP contribution in [0.4, 0.5) is 5.69 Å². The number of carbonyl (C=O) groups is 3. The molecule has 2 N–H and O–H groups in total. The van der Waals surface area contributed by atoms with Gasteiger partial charge in [-0.05, 0) is 76.1 Å². The average Bonchev–Trinajstić information content (AvgIpc) is 3.25. The lowest BCUT2D eigenvalue weighted by atomic mass is 10.1. The van der Waals surface area contributed by atoms with E-state index < -0.39 is 17.8 Å². The van der Waals surface area contributed by atoms with Crippen molar-refractivity contribution in [2.24, 2.45) is 0 Å². The molecule has 3 aromatic rings. The van der Waals surface area contributed by atoms with Gasteiger partial charge in [-0.15, -0.1) is 0 Å². The molecular weight excluding hydrogens is 480 g/mol. The van der Waals surface area contributed by atoms with Crippen molar-refractivity contribution in [1.82, 2.24) is 5.32 Å². The van der Waals surface area contributed by atoms with E-state index in [4.69, 9.17) is 9.15 Å². The fourth-order valence-corrected chi connectivity index (χ4v) is 2.96. The molecule has 32 heavy (non-hydrogen) atoms. The van der Waals surface area contributed by atoms with E-state index in [2.05, 4.69) is 31.3 Å². The van der Waals surface area contributed by atoms with Gasteiger partial charge in [0.05, 0.1) is 19.8 Å². The van der Waals surface area contributed by atoms with E-state index in [0.29, 0.717) is 27.2 Å². The molecule has 164 valence electrons. The van der Waals surface area contributed by atoms with Gasteiger partial charge < -0.3 is 24.5 Å². The molecule has 0 saturated carbocycles. The molecule has 9 heteroatoms. The summed E-state index contributed by atoms with van der Waals surface area (Å²) in [6.45, 7) is 0. The Bertz CT molecular complexity index is 1150. The minimum Gasteiger partial charge on any atom is -0.497 e. The van der Waals surface area contributed by atoms with Gasteiger partial charge in [-0.25, -0.2) is 4.79 Å². The van der Waals surface area contributed by atoms with Crippen molar-refractivity contribution in [3.8, 4) is 5.75 Å². The van der Waals surface area contributed by atoms with Crippen molar-refractivity contribution in [2.45, 2.75) is 0 Å². The topological polar surface area (TPSA) is 107 Å². The Morgan fingerprint density at radius 3 is 2.19 bits per heavy atom. The van der Waals surface area contributed by atoms with Gasteiger partial charge in [-0.3, -0.25) is 9.59 Å². The summed E-state index contributed by atoms with van der Waals surface area (Å²) in [6, 6.07) is 16.2. The van der Waals surface area contributed by atoms with E-state index in [1.54, 1.807) is 49.6 Å². The monoisotopic (exact) mass is 498 g/mol. The molecule has 1 aromatic heterocycles. The minimum atomic E-state index is -0.591. The van der Waals surface area contributed by atoms with E-state index >= 15 is 0 Å². The maximum atomic E-state index is 12.9. The Hall–Kier alpha value is -3.85. The Kier molecular flexibility index (Phi) is 7.45. The highest BCUT2D eigenvalue weighted by molar-refractivity contribution is 9.10. The van der Waals surface area contributed by atoms with Crippen LogP contribution in [0.15, 0.2) is 75.4 Å². The molecule has 8 nitrogen and oxygen atoms in total. The quantitative estimate of drug-likeness (QED) is 0.372. The number of anilines is 1. The molecule has 0 unspecified atom stereocenters. The van der Waals surface area contributed by atoms with Gasteiger partial charge in [0.2, 0.25) is 0 Å². The SMILES string of the molecule is COC(=O)c1ccc(NC(=O)C(=Cc2ccc(OC)cc2)NC(=O)c2ccc(Br)o2)cc1. The van der Waals surface area contributed by atoms with E-state index in [0.717, 1.165) is 0 Å². The van der Waals surface area contributed by atoms with Crippen molar-refractivity contribution in [3.63, 3.8) is 0 Å². The van der Waals surface area contributed by atoms with Crippen LogP contribution in [0, 0.1) is 0 Å². The van der Waals surface area contributed by atoms with Crippen LogP contribution in [0.3, 0.4) is 0 Å². The third-order valence-electron chi connectivity index (χ3n) is 4.28. The molecule has 0 radical (unpaired) electrons. The zero-order valence-corrected chi connectivity index (χ0v) is 18.8. The number of carbonyl (C=O) groups excluding carboxylic acids is 3. The normalized spacial score (nSPS) is 10.9. The molecule has 0 aliphatic carbocycles. The first-order chi connectivity index (χ1) is 15.4. The van der Waals surface area contributed by atoms with Gasteiger partial charge in [-0.2, -0.15) is 0 Å². The second-order valence-corrected chi connectivity index (χ2v) is 7.19. The number of esters is 1. The van der Waals surface area contributed by atoms with Crippen molar-refractivity contribution < 1.29 is 28.3 Å². The lowest BCUT2D eigenvalue weighted by Gasteiger charge is -2.11. The molecule has 0 aliphatic rings. The first kappa shape index (κ1) is 22.8. The Morgan fingerprint density at radius 2 is 1.62 bits per heavy atom. The average molecular weight is 499 g/mol. The molecule has 0 atom stereocenters. The van der Waals surface area contributed by atoms with Gasteiger partial charge in [0.1, 0.15) is 11.4 Å². The number of benzene rings is 2. The van der Waals surface area contributed by atoms with Crippen molar-refractivity contribution in [2.75, 3.05) is 19.5 Å². The van der Waals surface area contributed by atoms with E-state index in [1.165, 1.54) is 31.4 Å². The summed E-state index contributed by atoms with van der Waals surface area (Å²) in [6.07, 6.45) is 1.52. The maximum Gasteiger partial charge on any atom is 0.337 e. The second kappa shape index (κ2) is 10.5. The van der Waals surface area contributed by atoms with Crippen LogP contribution in [-0.2, 0) is 9.53 Å². The molecule has 2 aromatic carbocycles. The Morgan fingerprint density at radius 1 is 0.938 bits per heavy atom. The molecule has 0 spiro atoms. The third kappa shape index (κ3) is 5.86.